The molecule has 0 aliphatic carbocycles. The van der Waals surface area contributed by atoms with Crippen LogP contribution in [0.2, 0.25) is 5.02 Å². The van der Waals surface area contributed by atoms with E-state index in [1.54, 1.807) is 31.4 Å². The zero-order chi connectivity index (χ0) is 15.2. The third kappa shape index (κ3) is 4.03. The number of hydrogen-bond acceptors (Lipinski definition) is 4. The smallest absolute Gasteiger partial charge is 0.180 e. The highest BCUT2D eigenvalue weighted by Gasteiger charge is 2.12. The lowest BCUT2D eigenvalue weighted by Crippen LogP contribution is -2.04. The molecule has 0 radical (unpaired) electrons. The largest absolute Gasteiger partial charge is 0.508 e. The van der Waals surface area contributed by atoms with Gasteiger partial charge in [-0.15, -0.1) is 0 Å². The van der Waals surface area contributed by atoms with E-state index < -0.39 is 0 Å². The number of ether oxygens (including phenoxy) is 2. The van der Waals surface area contributed by atoms with Gasteiger partial charge in [0.25, 0.3) is 0 Å². The van der Waals surface area contributed by atoms with E-state index in [2.05, 4.69) is 0 Å². The quantitative estimate of drug-likeness (QED) is 0.860. The summed E-state index contributed by atoms with van der Waals surface area (Å²) in [6.07, 6.45) is 0.730. The van der Waals surface area contributed by atoms with Crippen molar-refractivity contribution < 1.29 is 14.6 Å². The maximum absolute atomic E-state index is 9.26. The van der Waals surface area contributed by atoms with Crippen molar-refractivity contribution in [1.29, 1.82) is 0 Å². The van der Waals surface area contributed by atoms with E-state index in [4.69, 9.17) is 26.8 Å². The second-order valence-electron chi connectivity index (χ2n) is 4.60. The molecule has 3 N–H and O–H groups in total. The molecule has 0 atom stereocenters. The van der Waals surface area contributed by atoms with Crippen LogP contribution in [0.3, 0.4) is 0 Å². The predicted molar refractivity (Wildman–Crippen MR) is 83.2 cm³/mol. The van der Waals surface area contributed by atoms with Crippen LogP contribution in [-0.4, -0.2) is 18.8 Å². The Balaban J connectivity index is 2.16. The van der Waals surface area contributed by atoms with Gasteiger partial charge in [0, 0.05) is 0 Å². The fraction of sp³-hybridized carbons (Fsp3) is 0.250. The van der Waals surface area contributed by atoms with E-state index >= 15 is 0 Å². The maximum atomic E-state index is 9.26. The fourth-order valence-electron chi connectivity index (χ4n) is 1.97. The van der Waals surface area contributed by atoms with Crippen molar-refractivity contribution in [3.63, 3.8) is 0 Å². The van der Waals surface area contributed by atoms with E-state index in [1.165, 1.54) is 0 Å². The van der Waals surface area contributed by atoms with Crippen LogP contribution < -0.4 is 15.2 Å². The lowest BCUT2D eigenvalue weighted by atomic mass is 10.1. The lowest BCUT2D eigenvalue weighted by molar-refractivity contribution is 0.284. The highest BCUT2D eigenvalue weighted by molar-refractivity contribution is 6.32. The standard InChI is InChI=1S/C16H18ClNO3/c1-20-15-9-12(6-7-18)8-14(17)16(15)21-10-11-2-4-13(19)5-3-11/h2-5,8-9,19H,6-7,10,18H2,1H3. The molecule has 0 saturated carbocycles. The van der Waals surface area contributed by atoms with Crippen LogP contribution in [-0.2, 0) is 13.0 Å². The van der Waals surface area contributed by atoms with Crippen LogP contribution in [0.1, 0.15) is 11.1 Å². The van der Waals surface area contributed by atoms with Crippen LogP contribution in [0.25, 0.3) is 0 Å². The van der Waals surface area contributed by atoms with Crippen molar-refractivity contribution in [3.8, 4) is 17.2 Å². The molecule has 4 nitrogen and oxygen atoms in total. The molecule has 2 rings (SSSR count). The number of methoxy groups -OCH3 is 1. The molecule has 2 aromatic rings. The first kappa shape index (κ1) is 15.5. The normalized spacial score (nSPS) is 10.4. The van der Waals surface area contributed by atoms with Crippen LogP contribution >= 0.6 is 11.6 Å². The highest BCUT2D eigenvalue weighted by atomic mass is 35.5. The van der Waals surface area contributed by atoms with Gasteiger partial charge in [0.15, 0.2) is 11.5 Å². The number of hydrogen-bond donors (Lipinski definition) is 2. The molecule has 0 aromatic heterocycles. The number of aromatic hydroxyl groups is 1. The Morgan fingerprint density at radius 1 is 1.14 bits per heavy atom. The van der Waals surface area contributed by atoms with Crippen LogP contribution in [0, 0.1) is 0 Å². The topological polar surface area (TPSA) is 64.7 Å². The van der Waals surface area contributed by atoms with Gasteiger partial charge in [0.2, 0.25) is 0 Å². The molecular weight excluding hydrogens is 290 g/mol. The van der Waals surface area contributed by atoms with Gasteiger partial charge in [-0.25, -0.2) is 0 Å². The Kier molecular flexibility index (Phi) is 5.31. The number of benzene rings is 2. The van der Waals surface area contributed by atoms with Crippen molar-refractivity contribution in [2.24, 2.45) is 5.73 Å². The van der Waals surface area contributed by atoms with Crippen LogP contribution in [0.15, 0.2) is 36.4 Å². The summed E-state index contributed by atoms with van der Waals surface area (Å²) in [5, 5.41) is 9.75. The average Bonchev–Trinajstić information content (AvgIpc) is 2.47. The fourth-order valence-corrected chi connectivity index (χ4v) is 2.26. The van der Waals surface area contributed by atoms with E-state index in [-0.39, 0.29) is 5.75 Å². The Hall–Kier alpha value is -1.91. The van der Waals surface area contributed by atoms with E-state index in [9.17, 15) is 5.11 Å². The first-order chi connectivity index (χ1) is 10.1. The van der Waals surface area contributed by atoms with Gasteiger partial charge in [-0.2, -0.15) is 0 Å². The number of rotatable bonds is 6. The molecule has 0 bridgehead atoms. The van der Waals surface area contributed by atoms with Crippen molar-refractivity contribution in [2.45, 2.75) is 13.0 Å². The summed E-state index contributed by atoms with van der Waals surface area (Å²) in [5.74, 6) is 1.32. The molecule has 0 amide bonds. The van der Waals surface area contributed by atoms with Crippen LogP contribution in [0.4, 0.5) is 0 Å². The minimum absolute atomic E-state index is 0.223. The summed E-state index contributed by atoms with van der Waals surface area (Å²) < 4.78 is 11.1. The van der Waals surface area contributed by atoms with E-state index in [0.717, 1.165) is 17.5 Å². The second-order valence-corrected chi connectivity index (χ2v) is 5.01. The van der Waals surface area contributed by atoms with Crippen molar-refractivity contribution in [1.82, 2.24) is 0 Å². The summed E-state index contributed by atoms with van der Waals surface area (Å²) in [5.41, 5.74) is 7.49. The second kappa shape index (κ2) is 7.20. The molecule has 0 spiro atoms. The molecule has 0 heterocycles. The summed E-state index contributed by atoms with van der Waals surface area (Å²) in [6.45, 7) is 0.889. The van der Waals surface area contributed by atoms with Crippen LogP contribution in [0.5, 0.6) is 17.2 Å². The SMILES string of the molecule is COc1cc(CCN)cc(Cl)c1OCc1ccc(O)cc1. The summed E-state index contributed by atoms with van der Waals surface area (Å²) >= 11 is 6.25. The molecule has 0 aliphatic rings. The van der Waals surface area contributed by atoms with Crippen molar-refractivity contribution in [2.75, 3.05) is 13.7 Å². The average molecular weight is 308 g/mol. The molecule has 21 heavy (non-hydrogen) atoms. The van der Waals surface area contributed by atoms with Gasteiger partial charge >= 0.3 is 0 Å². The molecule has 0 fully saturated rings. The Labute approximate surface area is 129 Å². The number of phenols is 1. The molecule has 0 saturated heterocycles. The summed E-state index contributed by atoms with van der Waals surface area (Å²) in [7, 11) is 1.57. The zero-order valence-electron chi connectivity index (χ0n) is 11.8. The Morgan fingerprint density at radius 2 is 1.86 bits per heavy atom. The summed E-state index contributed by atoms with van der Waals surface area (Å²) in [6, 6.07) is 10.5. The number of phenolic OH excluding ortho intramolecular Hbond substituents is 1. The molecule has 2 aromatic carbocycles. The Bertz CT molecular complexity index is 599. The molecule has 0 unspecified atom stereocenters. The lowest BCUT2D eigenvalue weighted by Gasteiger charge is -2.14. The van der Waals surface area contributed by atoms with Gasteiger partial charge in [-0.1, -0.05) is 23.7 Å². The highest BCUT2D eigenvalue weighted by Crippen LogP contribution is 2.37. The zero-order valence-corrected chi connectivity index (χ0v) is 12.6. The van der Waals surface area contributed by atoms with Gasteiger partial charge < -0.3 is 20.3 Å². The molecule has 0 aliphatic heterocycles. The minimum atomic E-state index is 0.223. The van der Waals surface area contributed by atoms with E-state index in [0.29, 0.717) is 29.7 Å². The number of nitrogens with two attached hydrogens (primary N) is 1. The summed E-state index contributed by atoms with van der Waals surface area (Å²) in [4.78, 5) is 0. The van der Waals surface area contributed by atoms with Crippen molar-refractivity contribution >= 4 is 11.6 Å². The third-order valence-corrected chi connectivity index (χ3v) is 3.32. The molecule has 5 heteroatoms. The Morgan fingerprint density at radius 3 is 2.48 bits per heavy atom. The first-order valence-electron chi connectivity index (χ1n) is 6.61. The molecular formula is C16H18ClNO3. The monoisotopic (exact) mass is 307 g/mol. The van der Waals surface area contributed by atoms with Gasteiger partial charge in [-0.3, -0.25) is 0 Å². The van der Waals surface area contributed by atoms with Crippen molar-refractivity contribution in [3.05, 3.63) is 52.5 Å². The number of halogens is 1. The predicted octanol–water partition coefficient (Wildman–Crippen LogP) is 3.13. The van der Waals surface area contributed by atoms with Gasteiger partial charge in [-0.05, 0) is 48.4 Å². The molecule has 112 valence electrons. The van der Waals surface area contributed by atoms with Gasteiger partial charge in [0.1, 0.15) is 12.4 Å². The maximum Gasteiger partial charge on any atom is 0.180 e. The first-order valence-corrected chi connectivity index (χ1v) is 6.99. The third-order valence-electron chi connectivity index (χ3n) is 3.04. The van der Waals surface area contributed by atoms with E-state index in [1.807, 2.05) is 12.1 Å². The van der Waals surface area contributed by atoms with Gasteiger partial charge in [0.05, 0.1) is 12.1 Å². The minimum Gasteiger partial charge on any atom is -0.508 e.